The molecule has 2 nitrogen and oxygen atoms in total. The van der Waals surface area contributed by atoms with Crippen molar-refractivity contribution in [2.24, 2.45) is 0 Å². The van der Waals surface area contributed by atoms with Gasteiger partial charge in [-0.2, -0.15) is 8.78 Å². The highest BCUT2D eigenvalue weighted by Crippen LogP contribution is 2.29. The lowest BCUT2D eigenvalue weighted by Gasteiger charge is -2.18. The van der Waals surface area contributed by atoms with Crippen molar-refractivity contribution in [2.75, 3.05) is 6.61 Å². The Morgan fingerprint density at radius 1 is 1.33 bits per heavy atom. The van der Waals surface area contributed by atoms with E-state index in [1.807, 2.05) is 0 Å². The SMILES string of the molecule is C[C@H](O)c1cc(F)ccc1OCC(F)(F)C(F)F. The highest BCUT2D eigenvalue weighted by molar-refractivity contribution is 5.35. The molecule has 0 bridgehead atoms. The molecule has 0 spiro atoms. The molecule has 18 heavy (non-hydrogen) atoms. The zero-order valence-corrected chi connectivity index (χ0v) is 9.34. The van der Waals surface area contributed by atoms with Gasteiger partial charge in [0.25, 0.3) is 0 Å². The van der Waals surface area contributed by atoms with Crippen molar-refractivity contribution in [3.8, 4) is 5.75 Å². The normalized spacial score (nSPS) is 13.8. The molecule has 1 N–H and O–H groups in total. The fraction of sp³-hybridized carbons (Fsp3) is 0.455. The molecule has 1 atom stereocenters. The van der Waals surface area contributed by atoms with E-state index in [1.54, 1.807) is 0 Å². The van der Waals surface area contributed by atoms with Crippen LogP contribution in [0.1, 0.15) is 18.6 Å². The number of hydrogen-bond donors (Lipinski definition) is 1. The molecule has 0 radical (unpaired) electrons. The highest BCUT2D eigenvalue weighted by atomic mass is 19.3. The Bertz CT molecular complexity index is 406. The molecule has 0 aliphatic heterocycles. The van der Waals surface area contributed by atoms with E-state index in [0.29, 0.717) is 0 Å². The lowest BCUT2D eigenvalue weighted by atomic mass is 10.1. The van der Waals surface area contributed by atoms with Crippen molar-refractivity contribution in [1.82, 2.24) is 0 Å². The number of benzene rings is 1. The molecular formula is C11H11F5O2. The molecular weight excluding hydrogens is 259 g/mol. The number of aliphatic hydroxyl groups is 1. The van der Waals surface area contributed by atoms with Crippen LogP contribution in [0.3, 0.4) is 0 Å². The van der Waals surface area contributed by atoms with Crippen LogP contribution in [0.15, 0.2) is 18.2 Å². The predicted molar refractivity (Wildman–Crippen MR) is 53.5 cm³/mol. The summed E-state index contributed by atoms with van der Waals surface area (Å²) in [4.78, 5) is 0. The molecule has 7 heteroatoms. The first-order chi connectivity index (χ1) is 8.24. The van der Waals surface area contributed by atoms with Crippen molar-refractivity contribution in [1.29, 1.82) is 0 Å². The second-order valence-corrected chi connectivity index (χ2v) is 3.71. The molecule has 0 unspecified atom stereocenters. The van der Waals surface area contributed by atoms with Crippen molar-refractivity contribution >= 4 is 0 Å². The Balaban J connectivity index is 2.85. The summed E-state index contributed by atoms with van der Waals surface area (Å²) < 4.78 is 66.5. The van der Waals surface area contributed by atoms with E-state index in [-0.39, 0.29) is 11.3 Å². The summed E-state index contributed by atoms with van der Waals surface area (Å²) in [5, 5.41) is 9.29. The summed E-state index contributed by atoms with van der Waals surface area (Å²) in [7, 11) is 0. The van der Waals surface area contributed by atoms with Gasteiger partial charge in [0, 0.05) is 5.56 Å². The molecule has 0 heterocycles. The third kappa shape index (κ3) is 3.56. The molecule has 1 aromatic carbocycles. The average Bonchev–Trinajstić information content (AvgIpc) is 2.27. The lowest BCUT2D eigenvalue weighted by molar-refractivity contribution is -0.148. The van der Waals surface area contributed by atoms with Gasteiger partial charge in [-0.1, -0.05) is 0 Å². The highest BCUT2D eigenvalue weighted by Gasteiger charge is 2.41. The van der Waals surface area contributed by atoms with Crippen LogP contribution in [0.5, 0.6) is 5.75 Å². The monoisotopic (exact) mass is 270 g/mol. The number of hydrogen-bond acceptors (Lipinski definition) is 2. The van der Waals surface area contributed by atoms with Gasteiger partial charge in [-0.05, 0) is 25.1 Å². The molecule has 0 aliphatic carbocycles. The number of rotatable bonds is 5. The van der Waals surface area contributed by atoms with Gasteiger partial charge >= 0.3 is 12.3 Å². The van der Waals surface area contributed by atoms with Crippen LogP contribution in [0.25, 0.3) is 0 Å². The first kappa shape index (κ1) is 14.7. The van der Waals surface area contributed by atoms with Crippen molar-refractivity contribution in [2.45, 2.75) is 25.4 Å². The van der Waals surface area contributed by atoms with Crippen LogP contribution in [-0.4, -0.2) is 24.1 Å². The minimum atomic E-state index is -4.30. The van der Waals surface area contributed by atoms with Gasteiger partial charge in [0.15, 0.2) is 6.61 Å². The molecule has 0 fully saturated rings. The predicted octanol–water partition coefficient (Wildman–Crippen LogP) is 3.16. The summed E-state index contributed by atoms with van der Waals surface area (Å²) in [5.74, 6) is -5.25. The van der Waals surface area contributed by atoms with Gasteiger partial charge in [0.05, 0.1) is 6.10 Å². The topological polar surface area (TPSA) is 29.5 Å². The van der Waals surface area contributed by atoms with Gasteiger partial charge in [-0.3, -0.25) is 0 Å². The fourth-order valence-corrected chi connectivity index (χ4v) is 1.21. The molecule has 0 aliphatic rings. The largest absolute Gasteiger partial charge is 0.487 e. The molecule has 1 rings (SSSR count). The standard InChI is InChI=1S/C11H11F5O2/c1-6(17)8-4-7(12)2-3-9(8)18-5-11(15,16)10(13)14/h2-4,6,10,17H,5H2,1H3/t6-/m0/s1. The Hall–Kier alpha value is -1.37. The molecule has 1 aromatic rings. The van der Waals surface area contributed by atoms with Crippen LogP contribution in [0.2, 0.25) is 0 Å². The maximum Gasteiger partial charge on any atom is 0.340 e. The first-order valence-corrected chi connectivity index (χ1v) is 5.00. The Labute approximate surface area is 100.0 Å². The van der Waals surface area contributed by atoms with E-state index in [2.05, 4.69) is 4.74 Å². The summed E-state index contributed by atoms with van der Waals surface area (Å²) >= 11 is 0. The summed E-state index contributed by atoms with van der Waals surface area (Å²) in [5.41, 5.74) is -0.0833. The average molecular weight is 270 g/mol. The lowest BCUT2D eigenvalue weighted by Crippen LogP contribution is -2.34. The minimum Gasteiger partial charge on any atom is -0.487 e. The minimum absolute atomic E-state index is 0.0833. The van der Waals surface area contributed by atoms with Crippen LogP contribution in [0.4, 0.5) is 22.0 Å². The zero-order chi connectivity index (χ0) is 13.9. The zero-order valence-electron chi connectivity index (χ0n) is 9.34. The van der Waals surface area contributed by atoms with Crippen LogP contribution >= 0.6 is 0 Å². The Morgan fingerprint density at radius 2 is 1.94 bits per heavy atom. The van der Waals surface area contributed by atoms with Gasteiger partial charge in [-0.15, -0.1) is 0 Å². The summed E-state index contributed by atoms with van der Waals surface area (Å²) in [6.45, 7) is -0.275. The quantitative estimate of drug-likeness (QED) is 0.833. The fourth-order valence-electron chi connectivity index (χ4n) is 1.21. The van der Waals surface area contributed by atoms with Crippen molar-refractivity contribution in [3.63, 3.8) is 0 Å². The number of halogens is 5. The number of ether oxygens (including phenoxy) is 1. The first-order valence-electron chi connectivity index (χ1n) is 5.00. The summed E-state index contributed by atoms with van der Waals surface area (Å²) in [6, 6.07) is 2.81. The van der Waals surface area contributed by atoms with E-state index < -0.39 is 30.9 Å². The second-order valence-electron chi connectivity index (χ2n) is 3.71. The third-order valence-electron chi connectivity index (χ3n) is 2.16. The molecule has 0 saturated heterocycles. The molecule has 0 amide bonds. The maximum absolute atomic E-state index is 12.9. The van der Waals surface area contributed by atoms with E-state index in [4.69, 9.17) is 0 Å². The van der Waals surface area contributed by atoms with Crippen LogP contribution in [0, 0.1) is 5.82 Å². The van der Waals surface area contributed by atoms with E-state index in [0.717, 1.165) is 18.2 Å². The van der Waals surface area contributed by atoms with E-state index >= 15 is 0 Å². The third-order valence-corrected chi connectivity index (χ3v) is 2.16. The van der Waals surface area contributed by atoms with Crippen LogP contribution in [-0.2, 0) is 0 Å². The van der Waals surface area contributed by atoms with Gasteiger partial charge in [0.1, 0.15) is 11.6 Å². The van der Waals surface area contributed by atoms with Crippen molar-refractivity contribution in [3.05, 3.63) is 29.6 Å². The molecule has 102 valence electrons. The maximum atomic E-state index is 12.9. The Kier molecular flexibility index (Phi) is 4.50. The van der Waals surface area contributed by atoms with Gasteiger partial charge in [0.2, 0.25) is 0 Å². The van der Waals surface area contributed by atoms with Gasteiger partial charge < -0.3 is 9.84 Å². The Morgan fingerprint density at radius 3 is 2.44 bits per heavy atom. The molecule has 0 saturated carbocycles. The van der Waals surface area contributed by atoms with E-state index in [9.17, 15) is 27.1 Å². The smallest absolute Gasteiger partial charge is 0.340 e. The van der Waals surface area contributed by atoms with E-state index in [1.165, 1.54) is 6.92 Å². The summed E-state index contributed by atoms with van der Waals surface area (Å²) in [6.07, 6.45) is -5.02. The number of alkyl halides is 4. The van der Waals surface area contributed by atoms with Crippen molar-refractivity contribution < 1.29 is 31.8 Å². The molecule has 0 aromatic heterocycles. The van der Waals surface area contributed by atoms with Gasteiger partial charge in [-0.25, -0.2) is 13.2 Å². The van der Waals surface area contributed by atoms with Crippen LogP contribution < -0.4 is 4.74 Å². The second kappa shape index (κ2) is 5.51. The number of aliphatic hydroxyl groups excluding tert-OH is 1.